The van der Waals surface area contributed by atoms with Gasteiger partial charge in [-0.25, -0.2) is 0 Å². The quantitative estimate of drug-likeness (QED) is 0.627. The fourth-order valence-corrected chi connectivity index (χ4v) is 2.27. The van der Waals surface area contributed by atoms with Gasteiger partial charge in [0.05, 0.1) is 0 Å². The van der Waals surface area contributed by atoms with Gasteiger partial charge in [-0.2, -0.15) is 0 Å². The number of unbranched alkanes of at least 4 members (excludes halogenated alkanes) is 5. The van der Waals surface area contributed by atoms with Crippen molar-refractivity contribution < 1.29 is 0 Å². The highest BCUT2D eigenvalue weighted by molar-refractivity contribution is 8.05. The van der Waals surface area contributed by atoms with Crippen LogP contribution in [0.15, 0.2) is 22.7 Å². The SMILES string of the molecule is CCCCCCCCC1=CNC=CS1. The summed E-state index contributed by atoms with van der Waals surface area (Å²) in [5.74, 6) is 0. The second-order valence-corrected chi connectivity index (χ2v) is 4.75. The second-order valence-electron chi connectivity index (χ2n) is 3.72. The van der Waals surface area contributed by atoms with Gasteiger partial charge in [-0.3, -0.25) is 0 Å². The molecule has 1 aliphatic rings. The summed E-state index contributed by atoms with van der Waals surface area (Å²) in [5, 5.41) is 5.25. The lowest BCUT2D eigenvalue weighted by atomic mass is 10.1. The summed E-state index contributed by atoms with van der Waals surface area (Å²) in [6.45, 7) is 2.27. The highest BCUT2D eigenvalue weighted by atomic mass is 32.2. The molecule has 1 aliphatic heterocycles. The van der Waals surface area contributed by atoms with Gasteiger partial charge in [-0.1, -0.05) is 50.8 Å². The van der Waals surface area contributed by atoms with E-state index < -0.39 is 0 Å². The molecule has 14 heavy (non-hydrogen) atoms. The molecule has 0 aliphatic carbocycles. The maximum atomic E-state index is 3.13. The van der Waals surface area contributed by atoms with Crippen LogP contribution in [0, 0.1) is 0 Å². The number of hydrogen-bond donors (Lipinski definition) is 1. The summed E-state index contributed by atoms with van der Waals surface area (Å²) in [4.78, 5) is 1.47. The van der Waals surface area contributed by atoms with Crippen molar-refractivity contribution in [3.8, 4) is 0 Å². The number of hydrogen-bond acceptors (Lipinski definition) is 2. The van der Waals surface area contributed by atoms with E-state index in [0.717, 1.165) is 0 Å². The zero-order chi connectivity index (χ0) is 10.1. The molecule has 0 bridgehead atoms. The minimum absolute atomic E-state index is 1.24. The van der Waals surface area contributed by atoms with Crippen LogP contribution in [0.4, 0.5) is 0 Å². The van der Waals surface area contributed by atoms with E-state index in [-0.39, 0.29) is 0 Å². The third-order valence-electron chi connectivity index (χ3n) is 2.40. The Hall–Kier alpha value is -0.370. The first-order chi connectivity index (χ1) is 6.93. The van der Waals surface area contributed by atoms with Gasteiger partial charge < -0.3 is 5.32 Å². The second kappa shape index (κ2) is 7.98. The van der Waals surface area contributed by atoms with Crippen LogP contribution in [-0.2, 0) is 0 Å². The Morgan fingerprint density at radius 3 is 2.64 bits per heavy atom. The average molecular weight is 211 g/mol. The molecule has 0 fully saturated rings. The maximum Gasteiger partial charge on any atom is 0.0104 e. The minimum Gasteiger partial charge on any atom is -0.366 e. The Morgan fingerprint density at radius 2 is 1.93 bits per heavy atom. The highest BCUT2D eigenvalue weighted by Crippen LogP contribution is 2.24. The lowest BCUT2D eigenvalue weighted by Crippen LogP contribution is -1.97. The third-order valence-corrected chi connectivity index (χ3v) is 3.30. The van der Waals surface area contributed by atoms with Crippen molar-refractivity contribution >= 4 is 11.8 Å². The van der Waals surface area contributed by atoms with Crippen molar-refractivity contribution in [1.29, 1.82) is 0 Å². The summed E-state index contributed by atoms with van der Waals surface area (Å²) in [7, 11) is 0. The number of allylic oxidation sites excluding steroid dienone is 1. The molecule has 0 aromatic carbocycles. The minimum atomic E-state index is 1.24. The molecule has 0 atom stereocenters. The van der Waals surface area contributed by atoms with Crippen LogP contribution >= 0.6 is 11.8 Å². The van der Waals surface area contributed by atoms with Crippen LogP contribution in [0.3, 0.4) is 0 Å². The van der Waals surface area contributed by atoms with E-state index in [1.165, 1.54) is 49.9 Å². The predicted molar refractivity (Wildman–Crippen MR) is 65.9 cm³/mol. The molecule has 0 unspecified atom stereocenters. The largest absolute Gasteiger partial charge is 0.366 e. The number of thioether (sulfide) groups is 1. The predicted octanol–water partition coefficient (Wildman–Crippen LogP) is 4.39. The van der Waals surface area contributed by atoms with Crippen molar-refractivity contribution in [2.45, 2.75) is 51.9 Å². The molecule has 0 aromatic rings. The zero-order valence-corrected chi connectivity index (χ0v) is 9.91. The van der Waals surface area contributed by atoms with Crippen LogP contribution in [0.25, 0.3) is 0 Å². The van der Waals surface area contributed by atoms with Crippen LogP contribution < -0.4 is 5.32 Å². The molecule has 0 spiro atoms. The van der Waals surface area contributed by atoms with E-state index in [4.69, 9.17) is 0 Å². The first-order valence-corrected chi connectivity index (χ1v) is 6.58. The molecule has 1 rings (SSSR count). The van der Waals surface area contributed by atoms with E-state index in [1.807, 2.05) is 18.0 Å². The van der Waals surface area contributed by atoms with E-state index in [1.54, 1.807) is 0 Å². The molecule has 0 saturated heterocycles. The van der Waals surface area contributed by atoms with E-state index >= 15 is 0 Å². The Labute approximate surface area is 92.0 Å². The fourth-order valence-electron chi connectivity index (χ4n) is 1.55. The van der Waals surface area contributed by atoms with Crippen molar-refractivity contribution in [2.75, 3.05) is 0 Å². The highest BCUT2D eigenvalue weighted by Gasteiger charge is 1.99. The molecule has 80 valence electrons. The van der Waals surface area contributed by atoms with Crippen molar-refractivity contribution in [2.24, 2.45) is 0 Å². The molecular weight excluding hydrogens is 190 g/mol. The van der Waals surface area contributed by atoms with Gasteiger partial charge in [0.15, 0.2) is 0 Å². The summed E-state index contributed by atoms with van der Waals surface area (Å²) in [6.07, 6.45) is 13.7. The summed E-state index contributed by atoms with van der Waals surface area (Å²) in [6, 6.07) is 0. The summed E-state index contributed by atoms with van der Waals surface area (Å²) in [5.41, 5.74) is 0. The summed E-state index contributed by atoms with van der Waals surface area (Å²) < 4.78 is 0. The topological polar surface area (TPSA) is 12.0 Å². The molecule has 0 aromatic heterocycles. The van der Waals surface area contributed by atoms with E-state index in [0.29, 0.717) is 0 Å². The first-order valence-electron chi connectivity index (χ1n) is 5.70. The normalized spacial score (nSPS) is 15.1. The summed E-state index contributed by atoms with van der Waals surface area (Å²) >= 11 is 1.85. The van der Waals surface area contributed by atoms with Gasteiger partial charge in [0, 0.05) is 17.3 Å². The van der Waals surface area contributed by atoms with Crippen LogP contribution in [0.2, 0.25) is 0 Å². The average Bonchev–Trinajstić information content (AvgIpc) is 2.25. The molecule has 0 saturated carbocycles. The van der Waals surface area contributed by atoms with E-state index in [2.05, 4.69) is 23.8 Å². The van der Waals surface area contributed by atoms with Gasteiger partial charge in [0.2, 0.25) is 0 Å². The molecule has 1 nitrogen and oxygen atoms in total. The van der Waals surface area contributed by atoms with Crippen LogP contribution in [0.5, 0.6) is 0 Å². The molecular formula is C12H21NS. The van der Waals surface area contributed by atoms with Crippen LogP contribution in [-0.4, -0.2) is 0 Å². The monoisotopic (exact) mass is 211 g/mol. The molecule has 1 heterocycles. The smallest absolute Gasteiger partial charge is 0.0104 e. The van der Waals surface area contributed by atoms with Crippen molar-refractivity contribution in [3.63, 3.8) is 0 Å². The maximum absolute atomic E-state index is 3.13. The lowest BCUT2D eigenvalue weighted by Gasteiger charge is -2.08. The van der Waals surface area contributed by atoms with Gasteiger partial charge in [0.25, 0.3) is 0 Å². The Balaban J connectivity index is 1.91. The Morgan fingerprint density at radius 1 is 1.14 bits per heavy atom. The van der Waals surface area contributed by atoms with Gasteiger partial charge in [0.1, 0.15) is 0 Å². The van der Waals surface area contributed by atoms with Gasteiger partial charge in [-0.05, 0) is 18.2 Å². The third kappa shape index (κ3) is 5.38. The lowest BCUT2D eigenvalue weighted by molar-refractivity contribution is 0.610. The first kappa shape index (κ1) is 11.7. The van der Waals surface area contributed by atoms with Crippen molar-refractivity contribution in [1.82, 2.24) is 5.32 Å². The Kier molecular flexibility index (Phi) is 6.67. The van der Waals surface area contributed by atoms with E-state index in [9.17, 15) is 0 Å². The molecule has 0 amide bonds. The standard InChI is InChI=1S/C12H21NS/c1-2-3-4-5-6-7-8-12-11-13-9-10-14-12/h9-11,13H,2-8H2,1H3. The van der Waals surface area contributed by atoms with Crippen molar-refractivity contribution in [3.05, 3.63) is 22.7 Å². The molecule has 2 heteroatoms. The zero-order valence-electron chi connectivity index (χ0n) is 9.09. The van der Waals surface area contributed by atoms with Gasteiger partial charge >= 0.3 is 0 Å². The molecule has 0 radical (unpaired) electrons. The Bertz CT molecular complexity index is 196. The fraction of sp³-hybridized carbons (Fsp3) is 0.667. The number of rotatable bonds is 7. The van der Waals surface area contributed by atoms with Gasteiger partial charge in [-0.15, -0.1) is 0 Å². The molecule has 1 N–H and O–H groups in total. The van der Waals surface area contributed by atoms with Crippen LogP contribution in [0.1, 0.15) is 51.9 Å². The number of nitrogens with one attached hydrogen (secondary N) is 1.